The van der Waals surface area contributed by atoms with Crippen molar-refractivity contribution in [2.75, 3.05) is 18.0 Å². The summed E-state index contributed by atoms with van der Waals surface area (Å²) in [5.41, 5.74) is 13.2. The molecular formula is C27H35N9O2. The van der Waals surface area contributed by atoms with E-state index in [2.05, 4.69) is 26.7 Å². The van der Waals surface area contributed by atoms with Gasteiger partial charge < -0.3 is 16.4 Å². The Labute approximate surface area is 221 Å². The summed E-state index contributed by atoms with van der Waals surface area (Å²) in [6.07, 6.45) is 1.84. The summed E-state index contributed by atoms with van der Waals surface area (Å²) >= 11 is 0. The summed E-state index contributed by atoms with van der Waals surface area (Å²) in [4.78, 5) is 43.2. The lowest BCUT2D eigenvalue weighted by Crippen LogP contribution is -2.44. The van der Waals surface area contributed by atoms with Crippen molar-refractivity contribution in [2.45, 2.75) is 66.3 Å². The van der Waals surface area contributed by atoms with Gasteiger partial charge in [-0.15, -0.1) is 5.92 Å². The van der Waals surface area contributed by atoms with Crippen LogP contribution in [0, 0.1) is 18.8 Å². The fourth-order valence-electron chi connectivity index (χ4n) is 4.83. The number of benzene rings is 1. The van der Waals surface area contributed by atoms with Crippen molar-refractivity contribution in [1.29, 1.82) is 0 Å². The molecule has 1 fully saturated rings. The number of hydrogen-bond donors (Lipinski definition) is 2. The van der Waals surface area contributed by atoms with Crippen LogP contribution in [0.25, 0.3) is 22.1 Å². The first-order valence-corrected chi connectivity index (χ1v) is 13.0. The first-order chi connectivity index (χ1) is 18.4. The lowest BCUT2D eigenvalue weighted by atomic mass is 10.1. The van der Waals surface area contributed by atoms with Crippen LogP contribution in [0.5, 0.6) is 0 Å². The maximum absolute atomic E-state index is 13.8. The van der Waals surface area contributed by atoms with Gasteiger partial charge in [-0.05, 0) is 32.8 Å². The molecule has 0 saturated carbocycles. The standard InChI is InChI=1S/C25H29N9O2.C2H6/c1-3-4-12-32-21-22(30-24(32)31-11-7-8-17(27)13-31)34(15-26)25(36)33(23(21)35)14-20-28-16(2)18-9-5-6-10-19(18)29-20;1-2/h5-6,9-10,17H,7-8,11-15,26-27H2,1-2H3;1-2H3. The van der Waals surface area contributed by atoms with Crippen LogP contribution in [0.4, 0.5) is 5.95 Å². The molecule has 0 spiro atoms. The van der Waals surface area contributed by atoms with Crippen LogP contribution in [0.1, 0.15) is 45.1 Å². The van der Waals surface area contributed by atoms with Crippen molar-refractivity contribution in [3.63, 3.8) is 0 Å². The monoisotopic (exact) mass is 517 g/mol. The Bertz CT molecular complexity index is 1640. The fourth-order valence-corrected chi connectivity index (χ4v) is 4.83. The first kappa shape index (κ1) is 27.0. The van der Waals surface area contributed by atoms with Crippen LogP contribution in [-0.4, -0.2) is 47.8 Å². The van der Waals surface area contributed by atoms with Gasteiger partial charge in [0.15, 0.2) is 11.2 Å². The van der Waals surface area contributed by atoms with Crippen LogP contribution >= 0.6 is 0 Å². The van der Waals surface area contributed by atoms with E-state index >= 15 is 0 Å². The molecule has 0 amide bonds. The van der Waals surface area contributed by atoms with Crippen molar-refractivity contribution < 1.29 is 0 Å². The zero-order valence-corrected chi connectivity index (χ0v) is 22.4. The average Bonchev–Trinajstić information content (AvgIpc) is 3.30. The predicted molar refractivity (Wildman–Crippen MR) is 150 cm³/mol. The number of para-hydroxylation sites is 1. The number of imidazole rings is 1. The van der Waals surface area contributed by atoms with E-state index in [0.29, 0.717) is 18.3 Å². The van der Waals surface area contributed by atoms with Crippen LogP contribution in [0.2, 0.25) is 0 Å². The summed E-state index contributed by atoms with van der Waals surface area (Å²) in [7, 11) is 0. The first-order valence-electron chi connectivity index (χ1n) is 13.0. The minimum Gasteiger partial charge on any atom is -0.341 e. The Morgan fingerprint density at radius 1 is 1.08 bits per heavy atom. The summed E-state index contributed by atoms with van der Waals surface area (Å²) in [5.74, 6) is 6.85. The topological polar surface area (TPSA) is 143 Å². The molecule has 0 aliphatic carbocycles. The molecule has 1 aliphatic rings. The van der Waals surface area contributed by atoms with E-state index in [1.165, 1.54) is 4.57 Å². The van der Waals surface area contributed by atoms with Gasteiger partial charge in [-0.3, -0.25) is 18.5 Å². The number of piperidine rings is 1. The van der Waals surface area contributed by atoms with Crippen molar-refractivity contribution in [2.24, 2.45) is 11.5 Å². The number of anilines is 1. The lowest BCUT2D eigenvalue weighted by Gasteiger charge is -2.31. The average molecular weight is 518 g/mol. The summed E-state index contributed by atoms with van der Waals surface area (Å²) in [5, 5.41) is 0.920. The minimum absolute atomic E-state index is 0.00548. The Balaban J connectivity index is 0.00000164. The number of aromatic nitrogens is 6. The highest BCUT2D eigenvalue weighted by atomic mass is 16.2. The SMILES string of the molecule is CC.CC#CCn1c(N2CCCC(N)C2)nc2c1c(=O)n(Cc1nc(C)c3ccccc3n1)c(=O)n2CN. The zero-order chi connectivity index (χ0) is 27.4. The second-order valence-corrected chi connectivity index (χ2v) is 8.97. The van der Waals surface area contributed by atoms with Gasteiger partial charge >= 0.3 is 5.69 Å². The van der Waals surface area contributed by atoms with E-state index in [1.807, 2.05) is 45.0 Å². The predicted octanol–water partition coefficient (Wildman–Crippen LogP) is 1.55. The molecule has 5 rings (SSSR count). The molecule has 200 valence electrons. The van der Waals surface area contributed by atoms with Crippen LogP contribution in [0.3, 0.4) is 0 Å². The van der Waals surface area contributed by atoms with E-state index in [4.69, 9.17) is 16.5 Å². The highest BCUT2D eigenvalue weighted by Gasteiger charge is 2.26. The molecule has 1 aliphatic heterocycles. The van der Waals surface area contributed by atoms with Gasteiger partial charge in [0.25, 0.3) is 5.56 Å². The van der Waals surface area contributed by atoms with Crippen molar-refractivity contribution in [1.82, 2.24) is 28.7 Å². The van der Waals surface area contributed by atoms with E-state index in [9.17, 15) is 9.59 Å². The van der Waals surface area contributed by atoms with E-state index < -0.39 is 11.2 Å². The molecule has 4 aromatic rings. The second-order valence-electron chi connectivity index (χ2n) is 8.97. The maximum Gasteiger partial charge on any atom is 0.334 e. The quantitative estimate of drug-likeness (QED) is 0.380. The number of fused-ring (bicyclic) bond motifs is 2. The minimum atomic E-state index is -0.558. The Morgan fingerprint density at radius 3 is 2.55 bits per heavy atom. The smallest absolute Gasteiger partial charge is 0.334 e. The number of nitrogens with two attached hydrogens (primary N) is 2. The number of rotatable bonds is 5. The number of nitrogens with zero attached hydrogens (tertiary/aromatic N) is 7. The molecule has 4 heterocycles. The number of aryl methyl sites for hydroxylation is 1. The van der Waals surface area contributed by atoms with Gasteiger partial charge in [0.2, 0.25) is 5.95 Å². The Morgan fingerprint density at radius 2 is 1.84 bits per heavy atom. The van der Waals surface area contributed by atoms with Gasteiger partial charge in [-0.2, -0.15) is 4.98 Å². The molecule has 1 saturated heterocycles. The van der Waals surface area contributed by atoms with Gasteiger partial charge in [-0.25, -0.2) is 14.8 Å². The molecule has 11 nitrogen and oxygen atoms in total. The molecule has 0 radical (unpaired) electrons. The summed E-state index contributed by atoms with van der Waals surface area (Å²) in [6, 6.07) is 7.64. The number of hydrogen-bond acceptors (Lipinski definition) is 8. The van der Waals surface area contributed by atoms with E-state index in [-0.39, 0.29) is 37.0 Å². The molecule has 0 bridgehead atoms. The third kappa shape index (κ3) is 4.92. The molecule has 4 N–H and O–H groups in total. The van der Waals surface area contributed by atoms with Crippen molar-refractivity contribution in [3.8, 4) is 11.8 Å². The van der Waals surface area contributed by atoms with Crippen LogP contribution in [-0.2, 0) is 19.8 Å². The lowest BCUT2D eigenvalue weighted by molar-refractivity contribution is 0.496. The molecule has 3 aromatic heterocycles. The Hall–Kier alpha value is -4.01. The van der Waals surface area contributed by atoms with Crippen LogP contribution in [0.15, 0.2) is 33.9 Å². The Kier molecular flexibility index (Phi) is 8.24. The molecule has 1 atom stereocenters. The van der Waals surface area contributed by atoms with Gasteiger partial charge in [0.1, 0.15) is 5.82 Å². The largest absolute Gasteiger partial charge is 0.341 e. The van der Waals surface area contributed by atoms with E-state index in [0.717, 1.165) is 40.6 Å². The normalized spacial score (nSPS) is 15.2. The van der Waals surface area contributed by atoms with Gasteiger partial charge in [0, 0.05) is 30.2 Å². The van der Waals surface area contributed by atoms with Crippen LogP contribution < -0.4 is 27.6 Å². The molecule has 1 unspecified atom stereocenters. The van der Waals surface area contributed by atoms with Crippen molar-refractivity contribution in [3.05, 3.63) is 56.6 Å². The fraction of sp³-hybridized carbons (Fsp3) is 0.444. The summed E-state index contributed by atoms with van der Waals surface area (Å²) in [6.45, 7) is 9.00. The molecular weight excluding hydrogens is 482 g/mol. The van der Waals surface area contributed by atoms with E-state index in [1.54, 1.807) is 11.5 Å². The molecule has 11 heteroatoms. The van der Waals surface area contributed by atoms with Gasteiger partial charge in [-0.1, -0.05) is 38.0 Å². The highest BCUT2D eigenvalue weighted by molar-refractivity contribution is 5.80. The maximum atomic E-state index is 13.8. The zero-order valence-electron chi connectivity index (χ0n) is 22.4. The highest BCUT2D eigenvalue weighted by Crippen LogP contribution is 2.23. The molecule has 38 heavy (non-hydrogen) atoms. The van der Waals surface area contributed by atoms with Crippen molar-refractivity contribution >= 4 is 28.0 Å². The second kappa shape index (κ2) is 11.6. The summed E-state index contributed by atoms with van der Waals surface area (Å²) < 4.78 is 4.21. The molecule has 1 aromatic carbocycles. The third-order valence-corrected chi connectivity index (χ3v) is 6.57. The third-order valence-electron chi connectivity index (χ3n) is 6.57. The van der Waals surface area contributed by atoms with Gasteiger partial charge in [0.05, 0.1) is 25.3 Å².